The summed E-state index contributed by atoms with van der Waals surface area (Å²) in [4.78, 5) is 2.70. The molecule has 18 heavy (non-hydrogen) atoms. The van der Waals surface area contributed by atoms with Crippen LogP contribution in [-0.2, 0) is 6.54 Å². The summed E-state index contributed by atoms with van der Waals surface area (Å²) in [6.45, 7) is 5.23. The molecule has 2 aromatic rings. The molecule has 0 radical (unpaired) electrons. The van der Waals surface area contributed by atoms with Crippen LogP contribution in [0.1, 0.15) is 28.3 Å². The SMILES string of the molecule is Cc1sc(CN[C@@H](C)c2cccc(Br)c2)cc1Br. The first-order chi connectivity index (χ1) is 8.56. The smallest absolute Gasteiger partial charge is 0.0314 e. The van der Waals surface area contributed by atoms with Crippen molar-refractivity contribution in [1.29, 1.82) is 0 Å². The number of nitrogens with one attached hydrogen (secondary N) is 1. The number of hydrogen-bond donors (Lipinski definition) is 1. The van der Waals surface area contributed by atoms with Gasteiger partial charge in [0.1, 0.15) is 0 Å². The second-order valence-corrected chi connectivity index (χ2v) is 7.39. The zero-order valence-electron chi connectivity index (χ0n) is 10.3. The number of thiophene rings is 1. The molecule has 1 N–H and O–H groups in total. The second-order valence-electron chi connectivity index (χ2n) is 4.27. The maximum atomic E-state index is 3.55. The van der Waals surface area contributed by atoms with Gasteiger partial charge in [-0.15, -0.1) is 11.3 Å². The van der Waals surface area contributed by atoms with Crippen molar-refractivity contribution < 1.29 is 0 Å². The average Bonchev–Trinajstić information content (AvgIpc) is 2.66. The lowest BCUT2D eigenvalue weighted by atomic mass is 10.1. The monoisotopic (exact) mass is 387 g/mol. The van der Waals surface area contributed by atoms with Gasteiger partial charge in [0.2, 0.25) is 0 Å². The maximum Gasteiger partial charge on any atom is 0.0314 e. The van der Waals surface area contributed by atoms with Gasteiger partial charge >= 0.3 is 0 Å². The van der Waals surface area contributed by atoms with E-state index in [-0.39, 0.29) is 0 Å². The molecule has 1 aromatic heterocycles. The van der Waals surface area contributed by atoms with Crippen molar-refractivity contribution in [3.63, 3.8) is 0 Å². The molecule has 0 aliphatic heterocycles. The molecular weight excluding hydrogens is 374 g/mol. The Kier molecular flexibility index (Phi) is 5.01. The Morgan fingerprint density at radius 2 is 2.06 bits per heavy atom. The third kappa shape index (κ3) is 3.67. The molecule has 2 rings (SSSR count). The molecule has 0 bridgehead atoms. The van der Waals surface area contributed by atoms with Crippen LogP contribution in [0.5, 0.6) is 0 Å². The van der Waals surface area contributed by atoms with E-state index < -0.39 is 0 Å². The van der Waals surface area contributed by atoms with Crippen LogP contribution in [0.15, 0.2) is 39.3 Å². The Labute approximate surface area is 129 Å². The standard InChI is InChI=1S/C14H15Br2NS/c1-9(11-4-3-5-12(15)6-11)17-8-13-7-14(16)10(2)18-13/h3-7,9,17H,8H2,1-2H3/t9-/m0/s1. The van der Waals surface area contributed by atoms with Crippen molar-refractivity contribution in [3.05, 3.63) is 54.6 Å². The fraction of sp³-hybridized carbons (Fsp3) is 0.286. The van der Waals surface area contributed by atoms with E-state index >= 15 is 0 Å². The van der Waals surface area contributed by atoms with Crippen molar-refractivity contribution in [1.82, 2.24) is 5.32 Å². The minimum absolute atomic E-state index is 0.351. The molecule has 0 spiro atoms. The lowest BCUT2D eigenvalue weighted by molar-refractivity contribution is 0.578. The Balaban J connectivity index is 1.98. The highest BCUT2D eigenvalue weighted by Gasteiger charge is 2.07. The van der Waals surface area contributed by atoms with E-state index in [4.69, 9.17) is 0 Å². The number of aryl methyl sites for hydroxylation is 1. The topological polar surface area (TPSA) is 12.0 Å². The maximum absolute atomic E-state index is 3.55. The van der Waals surface area contributed by atoms with Crippen LogP contribution >= 0.6 is 43.2 Å². The molecule has 1 atom stereocenters. The molecule has 0 unspecified atom stereocenters. The molecule has 0 aliphatic rings. The van der Waals surface area contributed by atoms with E-state index in [0.717, 1.165) is 11.0 Å². The number of benzene rings is 1. The average molecular weight is 389 g/mol. The summed E-state index contributed by atoms with van der Waals surface area (Å²) < 4.78 is 2.34. The van der Waals surface area contributed by atoms with E-state index in [1.54, 1.807) is 0 Å². The van der Waals surface area contributed by atoms with Crippen molar-refractivity contribution in [2.45, 2.75) is 26.4 Å². The predicted molar refractivity (Wildman–Crippen MR) is 86.2 cm³/mol. The molecule has 0 saturated heterocycles. The van der Waals surface area contributed by atoms with Gasteiger partial charge in [-0.3, -0.25) is 0 Å². The summed E-state index contributed by atoms with van der Waals surface area (Å²) in [6, 6.07) is 11.0. The first-order valence-electron chi connectivity index (χ1n) is 5.80. The molecule has 96 valence electrons. The quantitative estimate of drug-likeness (QED) is 0.735. The largest absolute Gasteiger partial charge is 0.305 e. The molecule has 4 heteroatoms. The summed E-state index contributed by atoms with van der Waals surface area (Å²) in [5, 5.41) is 3.55. The van der Waals surface area contributed by atoms with Gasteiger partial charge in [-0.2, -0.15) is 0 Å². The van der Waals surface area contributed by atoms with Crippen LogP contribution in [0, 0.1) is 6.92 Å². The molecule has 1 nitrogen and oxygen atoms in total. The van der Waals surface area contributed by atoms with Crippen LogP contribution in [-0.4, -0.2) is 0 Å². The van der Waals surface area contributed by atoms with E-state index in [1.165, 1.54) is 19.8 Å². The predicted octanol–water partition coefficient (Wildman–Crippen LogP) is 5.43. The van der Waals surface area contributed by atoms with Crippen molar-refractivity contribution in [2.75, 3.05) is 0 Å². The van der Waals surface area contributed by atoms with Gasteiger partial charge in [-0.25, -0.2) is 0 Å². The minimum atomic E-state index is 0.351. The fourth-order valence-electron chi connectivity index (χ4n) is 1.75. The highest BCUT2D eigenvalue weighted by Crippen LogP contribution is 2.27. The molecule has 1 aromatic carbocycles. The van der Waals surface area contributed by atoms with Crippen LogP contribution in [0.25, 0.3) is 0 Å². The van der Waals surface area contributed by atoms with Crippen molar-refractivity contribution >= 4 is 43.2 Å². The third-order valence-electron chi connectivity index (χ3n) is 2.84. The van der Waals surface area contributed by atoms with Gasteiger partial charge in [-0.1, -0.05) is 28.1 Å². The Bertz CT molecular complexity index is 517. The zero-order valence-corrected chi connectivity index (χ0v) is 14.3. The van der Waals surface area contributed by atoms with E-state index in [0.29, 0.717) is 6.04 Å². The number of halogens is 2. The van der Waals surface area contributed by atoms with Gasteiger partial charge in [0, 0.05) is 31.3 Å². The van der Waals surface area contributed by atoms with Crippen LogP contribution in [0.3, 0.4) is 0 Å². The third-order valence-corrected chi connectivity index (χ3v) is 5.47. The molecule has 0 aliphatic carbocycles. The van der Waals surface area contributed by atoms with Gasteiger partial charge in [0.05, 0.1) is 0 Å². The van der Waals surface area contributed by atoms with Crippen LogP contribution in [0.2, 0.25) is 0 Å². The zero-order chi connectivity index (χ0) is 13.1. The molecular formula is C14H15Br2NS. The molecule has 1 heterocycles. The van der Waals surface area contributed by atoms with Crippen molar-refractivity contribution in [2.24, 2.45) is 0 Å². The van der Waals surface area contributed by atoms with E-state index in [9.17, 15) is 0 Å². The van der Waals surface area contributed by atoms with Crippen molar-refractivity contribution in [3.8, 4) is 0 Å². The summed E-state index contributed by atoms with van der Waals surface area (Å²) in [7, 11) is 0. The Morgan fingerprint density at radius 3 is 2.67 bits per heavy atom. The summed E-state index contributed by atoms with van der Waals surface area (Å²) in [5.41, 5.74) is 1.30. The van der Waals surface area contributed by atoms with Gasteiger partial charge in [-0.05, 0) is 53.5 Å². The number of hydrogen-bond acceptors (Lipinski definition) is 2. The highest BCUT2D eigenvalue weighted by atomic mass is 79.9. The lowest BCUT2D eigenvalue weighted by Gasteiger charge is -2.13. The number of rotatable bonds is 4. The van der Waals surface area contributed by atoms with Crippen LogP contribution < -0.4 is 5.32 Å². The van der Waals surface area contributed by atoms with E-state index in [1.807, 2.05) is 11.3 Å². The second kappa shape index (κ2) is 6.33. The van der Waals surface area contributed by atoms with Gasteiger partial charge < -0.3 is 5.32 Å². The molecule has 0 amide bonds. The Hall–Kier alpha value is -0.160. The summed E-state index contributed by atoms with van der Waals surface area (Å²) in [6.07, 6.45) is 0. The fourth-order valence-corrected chi connectivity index (χ4v) is 3.72. The minimum Gasteiger partial charge on any atom is -0.305 e. The van der Waals surface area contributed by atoms with Crippen LogP contribution in [0.4, 0.5) is 0 Å². The summed E-state index contributed by atoms with van der Waals surface area (Å²) in [5.74, 6) is 0. The first kappa shape index (κ1) is 14.3. The molecule has 0 fully saturated rings. The first-order valence-corrected chi connectivity index (χ1v) is 8.20. The Morgan fingerprint density at radius 1 is 1.28 bits per heavy atom. The molecule has 0 saturated carbocycles. The normalized spacial score (nSPS) is 12.7. The summed E-state index contributed by atoms with van der Waals surface area (Å²) >= 11 is 8.90. The van der Waals surface area contributed by atoms with Gasteiger partial charge in [0.25, 0.3) is 0 Å². The lowest BCUT2D eigenvalue weighted by Crippen LogP contribution is -2.17. The van der Waals surface area contributed by atoms with E-state index in [2.05, 4.69) is 81.4 Å². The highest BCUT2D eigenvalue weighted by molar-refractivity contribution is 9.10. The van der Waals surface area contributed by atoms with Gasteiger partial charge in [0.15, 0.2) is 0 Å².